The summed E-state index contributed by atoms with van der Waals surface area (Å²) in [5, 5.41) is 2.79. The molecule has 1 amide bonds. The molecule has 2 aromatic carbocycles. The minimum Gasteiger partial charge on any atom is -0.495 e. The summed E-state index contributed by atoms with van der Waals surface area (Å²) in [6, 6.07) is 13.0. The SMILES string of the molecule is COc1ccccc1S(=O)(=O)Nc1cccc(NC(=O)C2CC2)c1. The Morgan fingerprint density at radius 3 is 2.50 bits per heavy atom. The molecule has 0 bridgehead atoms. The van der Waals surface area contributed by atoms with Crippen LogP contribution in [0.3, 0.4) is 0 Å². The van der Waals surface area contributed by atoms with Crippen LogP contribution in [0.5, 0.6) is 5.75 Å². The minimum atomic E-state index is -3.79. The highest BCUT2D eigenvalue weighted by atomic mass is 32.2. The van der Waals surface area contributed by atoms with Crippen LogP contribution in [0.1, 0.15) is 12.8 Å². The molecule has 24 heavy (non-hydrogen) atoms. The van der Waals surface area contributed by atoms with Gasteiger partial charge in [0.2, 0.25) is 5.91 Å². The number of nitrogens with one attached hydrogen (secondary N) is 2. The van der Waals surface area contributed by atoms with Crippen LogP contribution in [-0.2, 0) is 14.8 Å². The summed E-state index contributed by atoms with van der Waals surface area (Å²) in [7, 11) is -2.37. The zero-order valence-corrected chi connectivity index (χ0v) is 14.0. The first-order valence-corrected chi connectivity index (χ1v) is 9.05. The van der Waals surface area contributed by atoms with Crippen LogP contribution >= 0.6 is 0 Å². The normalized spacial score (nSPS) is 14.0. The molecule has 0 heterocycles. The van der Waals surface area contributed by atoms with E-state index in [0.29, 0.717) is 11.4 Å². The largest absolute Gasteiger partial charge is 0.495 e. The summed E-state index contributed by atoms with van der Waals surface area (Å²) >= 11 is 0. The summed E-state index contributed by atoms with van der Waals surface area (Å²) < 4.78 is 32.7. The molecule has 1 aliphatic carbocycles. The van der Waals surface area contributed by atoms with E-state index in [1.165, 1.54) is 13.2 Å². The third-order valence-corrected chi connectivity index (χ3v) is 5.11. The van der Waals surface area contributed by atoms with E-state index >= 15 is 0 Å². The van der Waals surface area contributed by atoms with E-state index in [4.69, 9.17) is 4.74 Å². The Labute approximate surface area is 140 Å². The molecule has 0 radical (unpaired) electrons. The van der Waals surface area contributed by atoms with Crippen molar-refractivity contribution in [3.05, 3.63) is 48.5 Å². The van der Waals surface area contributed by atoms with Crippen LogP contribution < -0.4 is 14.8 Å². The standard InChI is InChI=1S/C17H18N2O4S/c1-23-15-7-2-3-8-16(15)24(21,22)19-14-6-4-5-13(11-14)18-17(20)12-9-10-12/h2-8,11-12,19H,9-10H2,1H3,(H,18,20). The average Bonchev–Trinajstić information content (AvgIpc) is 3.39. The Kier molecular flexibility index (Phi) is 4.44. The van der Waals surface area contributed by atoms with Crippen LogP contribution in [-0.4, -0.2) is 21.4 Å². The zero-order valence-electron chi connectivity index (χ0n) is 13.2. The van der Waals surface area contributed by atoms with Crippen LogP contribution in [0.15, 0.2) is 53.4 Å². The Balaban J connectivity index is 1.80. The van der Waals surface area contributed by atoms with Gasteiger partial charge < -0.3 is 10.1 Å². The monoisotopic (exact) mass is 346 g/mol. The highest BCUT2D eigenvalue weighted by molar-refractivity contribution is 7.92. The van der Waals surface area contributed by atoms with E-state index in [2.05, 4.69) is 10.0 Å². The zero-order chi connectivity index (χ0) is 17.2. The van der Waals surface area contributed by atoms with Crippen molar-refractivity contribution in [1.29, 1.82) is 0 Å². The van der Waals surface area contributed by atoms with Gasteiger partial charge in [0.15, 0.2) is 0 Å². The Bertz CT molecular complexity index is 860. The van der Waals surface area contributed by atoms with Gasteiger partial charge in [-0.3, -0.25) is 9.52 Å². The molecule has 0 saturated heterocycles. The first-order valence-electron chi connectivity index (χ1n) is 7.56. The topological polar surface area (TPSA) is 84.5 Å². The molecule has 126 valence electrons. The van der Waals surface area contributed by atoms with Crippen LogP contribution in [0.4, 0.5) is 11.4 Å². The molecule has 6 nitrogen and oxygen atoms in total. The molecule has 0 atom stereocenters. The van der Waals surface area contributed by atoms with E-state index < -0.39 is 10.0 Å². The number of carbonyl (C=O) groups excluding carboxylic acids is 1. The fourth-order valence-electron chi connectivity index (χ4n) is 2.30. The number of methoxy groups -OCH3 is 1. The predicted molar refractivity (Wildman–Crippen MR) is 91.6 cm³/mol. The lowest BCUT2D eigenvalue weighted by molar-refractivity contribution is -0.117. The molecule has 1 aliphatic rings. The second-order valence-corrected chi connectivity index (χ2v) is 7.25. The number of para-hydroxylation sites is 1. The fraction of sp³-hybridized carbons (Fsp3) is 0.235. The third kappa shape index (κ3) is 3.68. The minimum absolute atomic E-state index is 0.0280. The molecule has 1 fully saturated rings. The maximum absolute atomic E-state index is 12.6. The second kappa shape index (κ2) is 6.52. The number of ether oxygens (including phenoxy) is 1. The van der Waals surface area contributed by atoms with E-state index in [-0.39, 0.29) is 22.5 Å². The second-order valence-electron chi connectivity index (χ2n) is 5.60. The maximum Gasteiger partial charge on any atom is 0.265 e. The van der Waals surface area contributed by atoms with Crippen LogP contribution in [0.25, 0.3) is 0 Å². The molecule has 2 N–H and O–H groups in total. The van der Waals surface area contributed by atoms with Gasteiger partial charge in [-0.2, -0.15) is 0 Å². The number of amides is 1. The first-order chi connectivity index (χ1) is 11.5. The third-order valence-electron chi connectivity index (χ3n) is 3.69. The molecular formula is C17H18N2O4S. The average molecular weight is 346 g/mol. The molecule has 0 aromatic heterocycles. The number of carbonyl (C=O) groups is 1. The number of hydrogen-bond donors (Lipinski definition) is 2. The Morgan fingerprint density at radius 1 is 1.08 bits per heavy atom. The van der Waals surface area contributed by atoms with Gasteiger partial charge in [-0.25, -0.2) is 8.42 Å². The predicted octanol–water partition coefficient (Wildman–Crippen LogP) is 2.84. The Morgan fingerprint density at radius 2 is 1.79 bits per heavy atom. The van der Waals surface area contributed by atoms with Gasteiger partial charge in [0.05, 0.1) is 12.8 Å². The van der Waals surface area contributed by atoms with Crippen molar-refractivity contribution in [2.45, 2.75) is 17.7 Å². The van der Waals surface area contributed by atoms with Gasteiger partial charge in [-0.05, 0) is 43.2 Å². The smallest absolute Gasteiger partial charge is 0.265 e. The van der Waals surface area contributed by atoms with Crippen LogP contribution in [0, 0.1) is 5.92 Å². The van der Waals surface area contributed by atoms with Crippen molar-refractivity contribution in [3.8, 4) is 5.75 Å². The van der Waals surface area contributed by atoms with Crippen molar-refractivity contribution >= 4 is 27.3 Å². The summed E-state index contributed by atoms with van der Waals surface area (Å²) in [6.07, 6.45) is 1.82. The summed E-state index contributed by atoms with van der Waals surface area (Å²) in [5.74, 6) is 0.321. The molecule has 3 rings (SSSR count). The molecule has 0 aliphatic heterocycles. The van der Waals surface area contributed by atoms with Gasteiger partial charge >= 0.3 is 0 Å². The number of rotatable bonds is 6. The van der Waals surface area contributed by atoms with E-state index in [1.807, 2.05) is 0 Å². The van der Waals surface area contributed by atoms with Crippen molar-refractivity contribution in [2.24, 2.45) is 5.92 Å². The van der Waals surface area contributed by atoms with Gasteiger partial charge in [0, 0.05) is 11.6 Å². The molecule has 0 spiro atoms. The summed E-state index contributed by atoms with van der Waals surface area (Å²) in [4.78, 5) is 11.9. The lowest BCUT2D eigenvalue weighted by Crippen LogP contribution is -2.15. The van der Waals surface area contributed by atoms with Crippen molar-refractivity contribution in [2.75, 3.05) is 17.1 Å². The van der Waals surface area contributed by atoms with Crippen LogP contribution in [0.2, 0.25) is 0 Å². The van der Waals surface area contributed by atoms with E-state index in [1.54, 1.807) is 42.5 Å². The quantitative estimate of drug-likeness (QED) is 0.842. The van der Waals surface area contributed by atoms with Crippen molar-refractivity contribution in [3.63, 3.8) is 0 Å². The number of anilines is 2. The maximum atomic E-state index is 12.6. The lowest BCUT2D eigenvalue weighted by Gasteiger charge is -2.12. The highest BCUT2D eigenvalue weighted by Gasteiger charge is 2.29. The molecule has 2 aromatic rings. The fourth-order valence-corrected chi connectivity index (χ4v) is 3.52. The Hall–Kier alpha value is -2.54. The van der Waals surface area contributed by atoms with E-state index in [9.17, 15) is 13.2 Å². The van der Waals surface area contributed by atoms with Gasteiger partial charge in [0.1, 0.15) is 10.6 Å². The van der Waals surface area contributed by atoms with Crippen molar-refractivity contribution < 1.29 is 17.9 Å². The number of sulfonamides is 1. The molecule has 0 unspecified atom stereocenters. The van der Waals surface area contributed by atoms with Crippen molar-refractivity contribution in [1.82, 2.24) is 0 Å². The first kappa shape index (κ1) is 16.3. The number of hydrogen-bond acceptors (Lipinski definition) is 4. The summed E-state index contributed by atoms with van der Waals surface area (Å²) in [6.45, 7) is 0. The summed E-state index contributed by atoms with van der Waals surface area (Å²) in [5.41, 5.74) is 0.932. The molecular weight excluding hydrogens is 328 g/mol. The molecule has 1 saturated carbocycles. The highest BCUT2D eigenvalue weighted by Crippen LogP contribution is 2.31. The van der Waals surface area contributed by atoms with E-state index in [0.717, 1.165) is 12.8 Å². The van der Waals surface area contributed by atoms with Gasteiger partial charge in [-0.15, -0.1) is 0 Å². The van der Waals surface area contributed by atoms with Gasteiger partial charge in [0.25, 0.3) is 10.0 Å². The number of benzene rings is 2. The molecule has 7 heteroatoms. The lowest BCUT2D eigenvalue weighted by atomic mass is 10.2. The van der Waals surface area contributed by atoms with Gasteiger partial charge in [-0.1, -0.05) is 18.2 Å².